The van der Waals surface area contributed by atoms with Gasteiger partial charge in [0.2, 0.25) is 0 Å². The third-order valence-electron chi connectivity index (χ3n) is 11.5. The van der Waals surface area contributed by atoms with Crippen LogP contribution in [0.15, 0.2) is 36.4 Å². The molecule has 0 saturated carbocycles. The van der Waals surface area contributed by atoms with Crippen LogP contribution in [0.1, 0.15) is 136 Å². The molecule has 2 aromatic rings. The van der Waals surface area contributed by atoms with Crippen LogP contribution < -0.4 is 0 Å². The molecule has 2 heterocycles. The third kappa shape index (κ3) is 16.0. The minimum Gasteiger partial charge on any atom is -0.507 e. The van der Waals surface area contributed by atoms with Gasteiger partial charge in [0.05, 0.1) is 23.3 Å². The minimum absolute atomic E-state index is 0.144. The van der Waals surface area contributed by atoms with Gasteiger partial charge in [0, 0.05) is 65.5 Å². The highest BCUT2D eigenvalue weighted by molar-refractivity contribution is 5.97. The predicted octanol–water partition coefficient (Wildman–Crippen LogP) is 8.63. The minimum atomic E-state index is -0.552. The molecule has 4 rings (SSSR count). The number of hydrogen-bond acceptors (Lipinski definition) is 7. The van der Waals surface area contributed by atoms with Crippen LogP contribution in [-0.4, -0.2) is 120 Å². The van der Waals surface area contributed by atoms with E-state index in [0.29, 0.717) is 25.3 Å². The van der Waals surface area contributed by atoms with E-state index in [1.807, 2.05) is 0 Å². The van der Waals surface area contributed by atoms with Crippen molar-refractivity contribution in [3.63, 3.8) is 0 Å². The normalized spacial score (nSPS) is 16.1. The second-order valence-corrected chi connectivity index (χ2v) is 15.9. The average Bonchev–Trinajstić information content (AvgIpc) is 3.17. The fourth-order valence-electron chi connectivity index (χ4n) is 7.93. The molecule has 0 aromatic heterocycles. The van der Waals surface area contributed by atoms with Crippen LogP contribution in [0.5, 0.6) is 11.5 Å². The van der Waals surface area contributed by atoms with E-state index in [2.05, 4.69) is 9.80 Å². The first-order chi connectivity index (χ1) is 26.6. The Morgan fingerprint density at radius 1 is 0.582 bits per heavy atom. The number of likely N-dealkylation sites (tertiary alicyclic amines) is 2. The van der Waals surface area contributed by atoms with Crippen LogP contribution >= 0.6 is 0 Å². The van der Waals surface area contributed by atoms with Crippen molar-refractivity contribution in [3.8, 4) is 11.5 Å². The number of benzene rings is 2. The van der Waals surface area contributed by atoms with Gasteiger partial charge in [0.25, 0.3) is 11.8 Å². The summed E-state index contributed by atoms with van der Waals surface area (Å²) in [5.74, 6) is -2.28. The third-order valence-corrected chi connectivity index (χ3v) is 11.5. The van der Waals surface area contributed by atoms with Crippen LogP contribution in [0.25, 0.3) is 0 Å². The maximum absolute atomic E-state index is 13.2. The van der Waals surface area contributed by atoms with Gasteiger partial charge in [-0.1, -0.05) is 64.2 Å². The highest BCUT2D eigenvalue weighted by atomic mass is 19.1. The molecule has 308 valence electrons. The Labute approximate surface area is 329 Å². The van der Waals surface area contributed by atoms with Crippen molar-refractivity contribution < 1.29 is 33.3 Å². The summed E-state index contributed by atoms with van der Waals surface area (Å²) in [6.07, 6.45) is 21.7. The monoisotopic (exact) mass is 771 g/mol. The summed E-state index contributed by atoms with van der Waals surface area (Å²) in [6, 6.07) is 7.03. The Bertz CT molecular complexity index is 1330. The number of carbonyl (C=O) groups is 2. The number of piperidine rings is 2. The topological polar surface area (TPSA) is 96.8 Å². The van der Waals surface area contributed by atoms with Crippen LogP contribution in [0.4, 0.5) is 8.78 Å². The molecule has 2 amide bonds. The van der Waals surface area contributed by atoms with Gasteiger partial charge in [-0.05, 0) is 88.7 Å². The van der Waals surface area contributed by atoms with Crippen molar-refractivity contribution in [2.45, 2.75) is 128 Å². The van der Waals surface area contributed by atoms with Crippen LogP contribution in [0.2, 0.25) is 0 Å². The summed E-state index contributed by atoms with van der Waals surface area (Å²) in [6.45, 7) is 8.19. The quantitative estimate of drug-likeness (QED) is 0.103. The fourth-order valence-corrected chi connectivity index (χ4v) is 7.93. The van der Waals surface area contributed by atoms with E-state index in [-0.39, 0.29) is 34.4 Å². The zero-order chi connectivity index (χ0) is 39.4. The molecule has 2 aromatic carbocycles. The smallest absolute Gasteiger partial charge is 0.257 e. The fraction of sp³-hybridized carbons (Fsp3) is 0.682. The molecule has 0 aliphatic carbocycles. The van der Waals surface area contributed by atoms with E-state index in [1.54, 1.807) is 23.9 Å². The number of ether oxygens (including phenoxy) is 1. The van der Waals surface area contributed by atoms with Crippen molar-refractivity contribution in [1.29, 1.82) is 0 Å². The molecule has 2 aliphatic heterocycles. The Morgan fingerprint density at radius 3 is 1.25 bits per heavy atom. The van der Waals surface area contributed by atoms with Gasteiger partial charge in [-0.3, -0.25) is 9.59 Å². The molecule has 2 fully saturated rings. The number of unbranched alkanes of at least 4 members (excludes halogenated alkanes) is 12. The van der Waals surface area contributed by atoms with Gasteiger partial charge in [-0.2, -0.15) is 0 Å². The van der Waals surface area contributed by atoms with Crippen molar-refractivity contribution in [2.24, 2.45) is 0 Å². The molecule has 0 unspecified atom stereocenters. The number of phenolic OH excluding ortho intramolecular Hbond substituents is 2. The summed E-state index contributed by atoms with van der Waals surface area (Å²) in [5, 5.41) is 19.7. The number of aromatic hydroxyl groups is 2. The number of hydrogen-bond donors (Lipinski definition) is 2. The number of carbonyl (C=O) groups excluding carboxylic acids is 2. The van der Waals surface area contributed by atoms with E-state index in [4.69, 9.17) is 4.74 Å². The van der Waals surface area contributed by atoms with Crippen LogP contribution in [0, 0.1) is 11.6 Å². The highest BCUT2D eigenvalue weighted by Crippen LogP contribution is 2.24. The summed E-state index contributed by atoms with van der Waals surface area (Å²) in [4.78, 5) is 33.4. The van der Waals surface area contributed by atoms with Gasteiger partial charge in [-0.25, -0.2) is 8.78 Å². The molecule has 55 heavy (non-hydrogen) atoms. The van der Waals surface area contributed by atoms with Gasteiger partial charge in [0.15, 0.2) is 0 Å². The van der Waals surface area contributed by atoms with Crippen LogP contribution in [-0.2, 0) is 4.74 Å². The summed E-state index contributed by atoms with van der Waals surface area (Å²) >= 11 is 0. The molecule has 0 atom stereocenters. The van der Waals surface area contributed by atoms with Gasteiger partial charge in [-0.15, -0.1) is 0 Å². The summed E-state index contributed by atoms with van der Waals surface area (Å²) in [7, 11) is 3.45. The molecule has 0 bridgehead atoms. The maximum atomic E-state index is 13.2. The first-order valence-corrected chi connectivity index (χ1v) is 21.2. The van der Waals surface area contributed by atoms with Crippen molar-refractivity contribution in [2.75, 3.05) is 66.5 Å². The summed E-state index contributed by atoms with van der Waals surface area (Å²) in [5.41, 5.74) is 0.288. The van der Waals surface area contributed by atoms with Gasteiger partial charge in [0.1, 0.15) is 23.1 Å². The molecule has 0 radical (unpaired) electrons. The number of phenols is 2. The molecule has 2 saturated heterocycles. The molecule has 0 spiro atoms. The zero-order valence-corrected chi connectivity index (χ0v) is 33.7. The summed E-state index contributed by atoms with van der Waals surface area (Å²) < 4.78 is 33.0. The van der Waals surface area contributed by atoms with E-state index >= 15 is 0 Å². The van der Waals surface area contributed by atoms with E-state index in [9.17, 15) is 28.6 Å². The van der Waals surface area contributed by atoms with E-state index in [1.165, 1.54) is 88.7 Å². The lowest BCUT2D eigenvalue weighted by molar-refractivity contribution is -0.0650. The number of rotatable bonds is 24. The van der Waals surface area contributed by atoms with E-state index < -0.39 is 11.6 Å². The standard InChI is InChI=1S/C44H68F2N4O5/c1-47(43(53)39-19-17-35(45)33-41(39)51)25-13-9-5-3-7-11-15-27-49-29-21-37(22-30-49)55-38-23-31-50(32-24-38)28-16-12-8-4-6-10-14-26-48(2)44(54)40-20-18-36(46)34-42(40)52/h17-20,33-34,37-38,51-52H,3-16,21-32H2,1-2H3. The lowest BCUT2D eigenvalue weighted by atomic mass is 10.0. The molecule has 2 N–H and O–H groups in total. The zero-order valence-electron chi connectivity index (χ0n) is 33.7. The molecule has 11 heteroatoms. The Hall–Kier alpha value is -3.28. The first kappa shape index (κ1) is 44.4. The van der Waals surface area contributed by atoms with Crippen molar-refractivity contribution in [1.82, 2.24) is 19.6 Å². The molecular weight excluding hydrogens is 703 g/mol. The van der Waals surface area contributed by atoms with Gasteiger partial charge < -0.3 is 34.5 Å². The Morgan fingerprint density at radius 2 is 0.909 bits per heavy atom. The number of amides is 2. The molecular formula is C44H68F2N4O5. The Kier molecular flexibility index (Phi) is 19.7. The predicted molar refractivity (Wildman–Crippen MR) is 215 cm³/mol. The van der Waals surface area contributed by atoms with Crippen molar-refractivity contribution in [3.05, 3.63) is 59.2 Å². The lowest BCUT2D eigenvalue weighted by Crippen LogP contribution is -2.42. The highest BCUT2D eigenvalue weighted by Gasteiger charge is 2.26. The van der Waals surface area contributed by atoms with E-state index in [0.717, 1.165) is 103 Å². The molecule has 2 aliphatic rings. The SMILES string of the molecule is CN(CCCCCCCCCN1CCC(OC2CCN(CCCCCCCCCN(C)C(=O)c3ccc(F)cc3O)CC2)CC1)C(=O)c1ccc(F)cc1O. The largest absolute Gasteiger partial charge is 0.507 e. The second-order valence-electron chi connectivity index (χ2n) is 15.9. The maximum Gasteiger partial charge on any atom is 0.257 e. The first-order valence-electron chi connectivity index (χ1n) is 21.2. The lowest BCUT2D eigenvalue weighted by Gasteiger charge is -2.37. The average molecular weight is 771 g/mol. The number of nitrogens with zero attached hydrogens (tertiary/aromatic N) is 4. The van der Waals surface area contributed by atoms with Crippen LogP contribution in [0.3, 0.4) is 0 Å². The Balaban J connectivity index is 0.904. The van der Waals surface area contributed by atoms with Crippen molar-refractivity contribution >= 4 is 11.8 Å². The number of halogens is 2. The van der Waals surface area contributed by atoms with Gasteiger partial charge >= 0.3 is 0 Å². The molecule has 9 nitrogen and oxygen atoms in total. The second kappa shape index (κ2) is 24.4.